The lowest BCUT2D eigenvalue weighted by Gasteiger charge is -2.26. The molecule has 7 nitrogen and oxygen atoms in total. The monoisotopic (exact) mass is 336 g/mol. The summed E-state index contributed by atoms with van der Waals surface area (Å²) in [6, 6.07) is 1.04. The van der Waals surface area contributed by atoms with E-state index in [2.05, 4.69) is 5.32 Å². The van der Waals surface area contributed by atoms with Crippen molar-refractivity contribution in [2.24, 2.45) is 0 Å². The summed E-state index contributed by atoms with van der Waals surface area (Å²) in [5, 5.41) is 13.2. The summed E-state index contributed by atoms with van der Waals surface area (Å²) in [6.45, 7) is 0. The first kappa shape index (κ1) is 15.6. The molecule has 0 atom stereocenters. The van der Waals surface area contributed by atoms with Crippen LogP contribution in [-0.4, -0.2) is 25.3 Å². The maximum atomic E-state index is 14.1. The second kappa shape index (κ2) is 5.57. The number of nitro groups is 1. The first-order chi connectivity index (χ1) is 9.70. The molecule has 0 aromatic heterocycles. The van der Waals surface area contributed by atoms with Crippen LogP contribution in [0.15, 0.2) is 17.0 Å². The molecule has 0 radical (unpaired) electrons. The molecule has 10 heteroatoms. The van der Waals surface area contributed by atoms with Gasteiger partial charge in [0.1, 0.15) is 4.90 Å². The van der Waals surface area contributed by atoms with Gasteiger partial charge in [0.25, 0.3) is 20.6 Å². The fourth-order valence-electron chi connectivity index (χ4n) is 1.85. The first-order valence-electron chi connectivity index (χ1n) is 5.93. The summed E-state index contributed by atoms with van der Waals surface area (Å²) in [4.78, 5) is 20.7. The van der Waals surface area contributed by atoms with Gasteiger partial charge in [0, 0.05) is 28.9 Å². The van der Waals surface area contributed by atoms with Crippen molar-refractivity contribution >= 4 is 31.3 Å². The molecule has 1 N–H and O–H groups in total. The summed E-state index contributed by atoms with van der Waals surface area (Å²) >= 11 is 0. The minimum atomic E-state index is -4.55. The smallest absolute Gasteiger partial charge is 0.271 e. The second-order valence-electron chi connectivity index (χ2n) is 4.60. The number of non-ortho nitro benzene ring substituents is 1. The zero-order valence-corrected chi connectivity index (χ0v) is 12.1. The molecule has 0 saturated heterocycles. The number of nitrogens with zero attached hydrogens (tertiary/aromatic N) is 1. The predicted octanol–water partition coefficient (Wildman–Crippen LogP) is 1.94. The van der Waals surface area contributed by atoms with Gasteiger partial charge in [-0.1, -0.05) is 0 Å². The van der Waals surface area contributed by atoms with Gasteiger partial charge in [-0.15, -0.1) is 0 Å². The highest BCUT2D eigenvalue weighted by molar-refractivity contribution is 8.13. The Morgan fingerprint density at radius 1 is 1.43 bits per heavy atom. The molecule has 0 bridgehead atoms. The Kier molecular flexibility index (Phi) is 4.15. The average Bonchev–Trinajstić information content (AvgIpc) is 2.32. The highest BCUT2D eigenvalue weighted by Gasteiger charge is 2.29. The van der Waals surface area contributed by atoms with Crippen LogP contribution < -0.4 is 5.32 Å². The van der Waals surface area contributed by atoms with Crippen molar-refractivity contribution in [1.29, 1.82) is 0 Å². The largest absolute Gasteiger partial charge is 0.349 e. The highest BCUT2D eigenvalue weighted by Crippen LogP contribution is 2.28. The number of hydrogen-bond donors (Lipinski definition) is 1. The van der Waals surface area contributed by atoms with E-state index < -0.39 is 41.8 Å². The maximum absolute atomic E-state index is 14.1. The number of carbonyl (C=O) groups is 1. The van der Waals surface area contributed by atoms with E-state index in [1.807, 2.05) is 0 Å². The van der Waals surface area contributed by atoms with E-state index in [1.54, 1.807) is 0 Å². The van der Waals surface area contributed by atoms with Crippen LogP contribution in [0.4, 0.5) is 10.1 Å². The lowest BCUT2D eigenvalue weighted by atomic mass is 9.93. The Labute approximate surface area is 123 Å². The molecule has 1 amide bonds. The average molecular weight is 337 g/mol. The number of rotatable bonds is 4. The zero-order valence-electron chi connectivity index (χ0n) is 10.5. The summed E-state index contributed by atoms with van der Waals surface area (Å²) < 4.78 is 36.6. The molecule has 1 aliphatic rings. The van der Waals surface area contributed by atoms with Crippen molar-refractivity contribution < 1.29 is 22.5 Å². The standard InChI is InChI=1S/C11H10ClFN2O5S/c12-21(19,20)9-5-7(15(17)18)4-8(10(9)13)11(16)14-6-2-1-3-6/h4-6H,1-3H2,(H,14,16). The minimum absolute atomic E-state index is 0.132. The van der Waals surface area contributed by atoms with Crippen LogP contribution >= 0.6 is 10.7 Å². The SMILES string of the molecule is O=C(NC1CCC1)c1cc([N+](=O)[O-])cc(S(=O)(=O)Cl)c1F. The number of amides is 1. The van der Waals surface area contributed by atoms with Crippen LogP contribution in [-0.2, 0) is 9.05 Å². The summed E-state index contributed by atoms with van der Waals surface area (Å²) in [7, 11) is 0.486. The lowest BCUT2D eigenvalue weighted by Crippen LogP contribution is -2.39. The van der Waals surface area contributed by atoms with Gasteiger partial charge in [0.05, 0.1) is 10.5 Å². The molecule has 2 rings (SSSR count). The number of carbonyl (C=O) groups excluding carboxylic acids is 1. The van der Waals surface area contributed by atoms with Gasteiger partial charge in [-0.3, -0.25) is 14.9 Å². The molecule has 1 aromatic carbocycles. The number of benzene rings is 1. The number of halogens is 2. The van der Waals surface area contributed by atoms with Crippen molar-refractivity contribution in [3.05, 3.63) is 33.6 Å². The number of nitro benzene ring substituents is 1. The Hall–Kier alpha value is -1.74. The molecule has 0 unspecified atom stereocenters. The van der Waals surface area contributed by atoms with E-state index in [-0.39, 0.29) is 6.04 Å². The lowest BCUT2D eigenvalue weighted by molar-refractivity contribution is -0.385. The topological polar surface area (TPSA) is 106 Å². The van der Waals surface area contributed by atoms with Crippen molar-refractivity contribution in [2.45, 2.75) is 30.2 Å². The van der Waals surface area contributed by atoms with Crippen LogP contribution in [0, 0.1) is 15.9 Å². The predicted molar refractivity (Wildman–Crippen MR) is 71.2 cm³/mol. The molecule has 1 aromatic rings. The van der Waals surface area contributed by atoms with Gasteiger partial charge in [-0.05, 0) is 19.3 Å². The van der Waals surface area contributed by atoms with Gasteiger partial charge in [-0.2, -0.15) is 0 Å². The van der Waals surface area contributed by atoms with Gasteiger partial charge in [0.2, 0.25) is 0 Å². The Morgan fingerprint density at radius 3 is 2.48 bits per heavy atom. The van der Waals surface area contributed by atoms with Crippen LogP contribution in [0.1, 0.15) is 29.6 Å². The van der Waals surface area contributed by atoms with Crippen LogP contribution in [0.5, 0.6) is 0 Å². The van der Waals surface area contributed by atoms with E-state index in [0.717, 1.165) is 19.3 Å². The van der Waals surface area contributed by atoms with E-state index >= 15 is 0 Å². The number of nitrogens with one attached hydrogen (secondary N) is 1. The van der Waals surface area contributed by atoms with Crippen LogP contribution in [0.2, 0.25) is 0 Å². The van der Waals surface area contributed by atoms with Gasteiger partial charge < -0.3 is 5.32 Å². The fraction of sp³-hybridized carbons (Fsp3) is 0.364. The third-order valence-corrected chi connectivity index (χ3v) is 4.50. The Balaban J connectivity index is 2.50. The van der Waals surface area contributed by atoms with Crippen LogP contribution in [0.3, 0.4) is 0 Å². The molecule has 0 spiro atoms. The van der Waals surface area contributed by atoms with E-state index in [1.165, 1.54) is 0 Å². The summed E-state index contributed by atoms with van der Waals surface area (Å²) in [5.74, 6) is -2.30. The van der Waals surface area contributed by atoms with Crippen molar-refractivity contribution in [3.63, 3.8) is 0 Å². The fourth-order valence-corrected chi connectivity index (χ4v) is 2.77. The maximum Gasteiger partial charge on any atom is 0.271 e. The quantitative estimate of drug-likeness (QED) is 0.513. The van der Waals surface area contributed by atoms with E-state index in [9.17, 15) is 27.7 Å². The summed E-state index contributed by atoms with van der Waals surface area (Å²) in [5.41, 5.74) is -1.44. The Bertz CT molecular complexity index is 718. The van der Waals surface area contributed by atoms with E-state index in [4.69, 9.17) is 10.7 Å². The third kappa shape index (κ3) is 3.30. The molecular formula is C11H10ClFN2O5S. The second-order valence-corrected chi connectivity index (χ2v) is 7.14. The van der Waals surface area contributed by atoms with Crippen molar-refractivity contribution in [1.82, 2.24) is 5.32 Å². The Morgan fingerprint density at radius 2 is 2.05 bits per heavy atom. The van der Waals surface area contributed by atoms with Crippen molar-refractivity contribution in [3.8, 4) is 0 Å². The van der Waals surface area contributed by atoms with Gasteiger partial charge in [-0.25, -0.2) is 12.8 Å². The molecule has 1 fully saturated rings. The van der Waals surface area contributed by atoms with Crippen LogP contribution in [0.25, 0.3) is 0 Å². The third-order valence-electron chi connectivity index (χ3n) is 3.18. The van der Waals surface area contributed by atoms with Crippen molar-refractivity contribution in [2.75, 3.05) is 0 Å². The molecule has 1 aliphatic carbocycles. The normalized spacial score (nSPS) is 15.3. The van der Waals surface area contributed by atoms with Gasteiger partial charge in [0.15, 0.2) is 5.82 Å². The molecule has 0 heterocycles. The minimum Gasteiger partial charge on any atom is -0.349 e. The van der Waals surface area contributed by atoms with E-state index in [0.29, 0.717) is 12.1 Å². The highest BCUT2D eigenvalue weighted by atomic mass is 35.7. The molecule has 0 aliphatic heterocycles. The zero-order chi connectivity index (χ0) is 15.8. The molecule has 1 saturated carbocycles. The van der Waals surface area contributed by atoms with Gasteiger partial charge >= 0.3 is 0 Å². The number of hydrogen-bond acceptors (Lipinski definition) is 5. The molecule has 21 heavy (non-hydrogen) atoms. The molecular weight excluding hydrogens is 327 g/mol. The summed E-state index contributed by atoms with van der Waals surface area (Å²) in [6.07, 6.45) is 2.37. The molecule has 114 valence electrons. The first-order valence-corrected chi connectivity index (χ1v) is 8.24.